The largest absolute Gasteiger partial charge is 0.459 e. The van der Waals surface area contributed by atoms with Gasteiger partial charge < -0.3 is 28.8 Å². The van der Waals surface area contributed by atoms with Crippen LogP contribution in [0, 0.1) is 0 Å². The van der Waals surface area contributed by atoms with Gasteiger partial charge in [0.1, 0.15) is 37.1 Å². The Kier molecular flexibility index (Phi) is 8.07. The molecule has 0 unspecified atom stereocenters. The van der Waals surface area contributed by atoms with Crippen LogP contribution in [0.5, 0.6) is 0 Å². The molecule has 13 heteroatoms. The molecule has 1 aliphatic carbocycles. The number of amides is 1. The van der Waals surface area contributed by atoms with Crippen LogP contribution in [-0.2, 0) is 30.3 Å². The summed E-state index contributed by atoms with van der Waals surface area (Å²) in [7, 11) is 0. The smallest absolute Gasteiger partial charge is 0.416 e. The van der Waals surface area contributed by atoms with Crippen molar-refractivity contribution in [3.63, 3.8) is 0 Å². The fourth-order valence-corrected chi connectivity index (χ4v) is 6.08. The standard InChI is InChI=1S/C31H39N5O8/c1-30(2,3)44-29(39)35(19-13-9-10-14-19)25-20-15-32-36(26(20)34-22(16-37)33-25)27-24-23(42-31(4,5)43-24)21(41-27)17-40-28(38)18-11-7-6-8-12-18/h6-8,11-12,15,19,21,23-24,27,37H,9-10,13-14,16-17H2,1-5H3/t21-,23-,24-,27-/m1/s1. The quantitative estimate of drug-likeness (QED) is 0.383. The molecule has 1 amide bonds. The molecule has 0 spiro atoms. The van der Waals surface area contributed by atoms with Gasteiger partial charge in [-0.3, -0.25) is 4.90 Å². The third kappa shape index (κ3) is 6.01. The zero-order chi connectivity index (χ0) is 31.2. The minimum Gasteiger partial charge on any atom is -0.459 e. The molecule has 1 aromatic carbocycles. The second kappa shape index (κ2) is 11.7. The van der Waals surface area contributed by atoms with E-state index in [1.54, 1.807) is 53.9 Å². The lowest BCUT2D eigenvalue weighted by Crippen LogP contribution is -2.43. The van der Waals surface area contributed by atoms with Gasteiger partial charge in [-0.2, -0.15) is 5.10 Å². The average molecular weight is 610 g/mol. The molecule has 4 heterocycles. The van der Waals surface area contributed by atoms with Crippen LogP contribution in [0.4, 0.5) is 10.6 Å². The van der Waals surface area contributed by atoms with Gasteiger partial charge >= 0.3 is 12.1 Å². The molecule has 3 fully saturated rings. The lowest BCUT2D eigenvalue weighted by atomic mass is 10.1. The number of hydrogen-bond donors (Lipinski definition) is 1. The van der Waals surface area contributed by atoms with Crippen molar-refractivity contribution >= 4 is 28.9 Å². The van der Waals surface area contributed by atoms with Gasteiger partial charge in [0.05, 0.1) is 17.1 Å². The molecule has 44 heavy (non-hydrogen) atoms. The maximum atomic E-state index is 13.6. The molecule has 2 aromatic heterocycles. The van der Waals surface area contributed by atoms with Gasteiger partial charge in [-0.1, -0.05) is 31.0 Å². The summed E-state index contributed by atoms with van der Waals surface area (Å²) in [6, 6.07) is 8.59. The fourth-order valence-electron chi connectivity index (χ4n) is 6.08. The molecular formula is C31H39N5O8. The molecule has 13 nitrogen and oxygen atoms in total. The van der Waals surface area contributed by atoms with E-state index in [9.17, 15) is 14.7 Å². The van der Waals surface area contributed by atoms with Gasteiger partial charge in [0, 0.05) is 6.04 Å². The van der Waals surface area contributed by atoms with Crippen molar-refractivity contribution in [2.45, 2.75) is 109 Å². The number of aromatic nitrogens is 4. The van der Waals surface area contributed by atoms with Crippen LogP contribution < -0.4 is 4.90 Å². The Morgan fingerprint density at radius 3 is 2.48 bits per heavy atom. The molecule has 6 rings (SSSR count). The fraction of sp³-hybridized carbons (Fsp3) is 0.581. The van der Waals surface area contributed by atoms with Crippen LogP contribution in [0.2, 0.25) is 0 Å². The monoisotopic (exact) mass is 609 g/mol. The molecule has 2 saturated heterocycles. The predicted octanol–water partition coefficient (Wildman–Crippen LogP) is 4.28. The van der Waals surface area contributed by atoms with Gasteiger partial charge in [-0.25, -0.2) is 24.2 Å². The highest BCUT2D eigenvalue weighted by Gasteiger charge is 2.57. The number of hydrogen-bond acceptors (Lipinski definition) is 11. The highest BCUT2D eigenvalue weighted by molar-refractivity contribution is 5.98. The first kappa shape index (κ1) is 30.4. The highest BCUT2D eigenvalue weighted by Crippen LogP contribution is 2.44. The van der Waals surface area contributed by atoms with Gasteiger partial charge in [0.25, 0.3) is 0 Å². The van der Waals surface area contributed by atoms with Crippen LogP contribution in [0.15, 0.2) is 36.5 Å². The summed E-state index contributed by atoms with van der Waals surface area (Å²) < 4.78 is 31.8. The van der Waals surface area contributed by atoms with Crippen molar-refractivity contribution in [2.24, 2.45) is 0 Å². The zero-order valence-corrected chi connectivity index (χ0v) is 25.6. The summed E-state index contributed by atoms with van der Waals surface area (Å²) in [6.07, 6.45) is 1.98. The Morgan fingerprint density at radius 1 is 1.09 bits per heavy atom. The number of rotatable bonds is 7. The number of benzene rings is 1. The number of ether oxygens (including phenoxy) is 5. The Bertz CT molecular complexity index is 1510. The minimum atomic E-state index is -0.922. The third-order valence-corrected chi connectivity index (χ3v) is 7.88. The van der Waals surface area contributed by atoms with E-state index in [0.717, 1.165) is 25.7 Å². The summed E-state index contributed by atoms with van der Waals surface area (Å²) in [5, 5.41) is 15.3. The lowest BCUT2D eigenvalue weighted by Gasteiger charge is -2.31. The van der Waals surface area contributed by atoms with Gasteiger partial charge in [-0.15, -0.1) is 0 Å². The van der Waals surface area contributed by atoms with Crippen molar-refractivity contribution in [3.8, 4) is 0 Å². The first-order valence-corrected chi connectivity index (χ1v) is 15.0. The van der Waals surface area contributed by atoms with Crippen LogP contribution in [0.25, 0.3) is 11.0 Å². The summed E-state index contributed by atoms with van der Waals surface area (Å²) in [5.74, 6) is -0.962. The molecule has 1 N–H and O–H groups in total. The first-order chi connectivity index (χ1) is 20.9. The molecule has 2 aliphatic heterocycles. The van der Waals surface area contributed by atoms with Crippen LogP contribution in [-0.4, -0.2) is 79.3 Å². The lowest BCUT2D eigenvalue weighted by molar-refractivity contribution is -0.201. The molecule has 3 aromatic rings. The average Bonchev–Trinajstić information content (AvgIpc) is 3.76. The maximum absolute atomic E-state index is 13.6. The van der Waals surface area contributed by atoms with E-state index >= 15 is 0 Å². The number of esters is 1. The van der Waals surface area contributed by atoms with Crippen molar-refractivity contribution < 1.29 is 38.4 Å². The van der Waals surface area contributed by atoms with E-state index in [4.69, 9.17) is 23.7 Å². The van der Waals surface area contributed by atoms with E-state index in [0.29, 0.717) is 22.4 Å². The van der Waals surface area contributed by atoms with Gasteiger partial charge in [-0.05, 0) is 59.6 Å². The Balaban J connectivity index is 1.35. The van der Waals surface area contributed by atoms with Crippen molar-refractivity contribution in [2.75, 3.05) is 11.5 Å². The Labute approximate surface area is 255 Å². The van der Waals surface area contributed by atoms with E-state index in [1.165, 1.54) is 0 Å². The second-order valence-electron chi connectivity index (χ2n) is 12.8. The highest BCUT2D eigenvalue weighted by atomic mass is 16.8. The molecule has 0 bridgehead atoms. The number of carbonyl (C=O) groups is 2. The molecular weight excluding hydrogens is 570 g/mol. The van der Waals surface area contributed by atoms with Gasteiger partial charge in [0.2, 0.25) is 0 Å². The van der Waals surface area contributed by atoms with E-state index in [2.05, 4.69) is 15.1 Å². The Hall–Kier alpha value is -3.65. The van der Waals surface area contributed by atoms with Gasteiger partial charge in [0.15, 0.2) is 29.3 Å². The minimum absolute atomic E-state index is 0.0692. The molecule has 1 saturated carbocycles. The summed E-state index contributed by atoms with van der Waals surface area (Å²) >= 11 is 0. The number of fused-ring (bicyclic) bond motifs is 2. The normalized spacial score (nSPS) is 24.9. The SMILES string of the molecule is CC(C)(C)OC(=O)N(c1nc(CO)nc2c1cnn2[C@@H]1O[C@H](COC(=O)c2ccccc2)[C@H]2OC(C)(C)O[C@H]21)C1CCCC1. The topological polar surface area (TPSA) is 147 Å². The van der Waals surface area contributed by atoms with E-state index in [1.807, 2.05) is 26.8 Å². The first-order valence-electron chi connectivity index (χ1n) is 15.0. The molecule has 236 valence electrons. The molecule has 3 aliphatic rings. The van der Waals surface area contributed by atoms with Crippen molar-refractivity contribution in [3.05, 3.63) is 47.9 Å². The van der Waals surface area contributed by atoms with Crippen LogP contribution in [0.1, 0.15) is 82.7 Å². The van der Waals surface area contributed by atoms with E-state index < -0.39 is 54.6 Å². The second-order valence-corrected chi connectivity index (χ2v) is 12.8. The van der Waals surface area contributed by atoms with E-state index in [-0.39, 0.29) is 18.5 Å². The number of nitrogens with zero attached hydrogens (tertiary/aromatic N) is 5. The third-order valence-electron chi connectivity index (χ3n) is 7.88. The summed E-state index contributed by atoms with van der Waals surface area (Å²) in [5.41, 5.74) is 0.0604. The summed E-state index contributed by atoms with van der Waals surface area (Å²) in [6.45, 7) is 8.54. The number of anilines is 1. The predicted molar refractivity (Wildman–Crippen MR) is 157 cm³/mol. The maximum Gasteiger partial charge on any atom is 0.416 e. The van der Waals surface area contributed by atoms with Crippen LogP contribution >= 0.6 is 0 Å². The Morgan fingerprint density at radius 2 is 1.80 bits per heavy atom. The van der Waals surface area contributed by atoms with Crippen molar-refractivity contribution in [1.82, 2.24) is 19.7 Å². The number of aliphatic hydroxyl groups excluding tert-OH is 1. The molecule has 4 atom stereocenters. The summed E-state index contributed by atoms with van der Waals surface area (Å²) in [4.78, 5) is 37.0. The number of aliphatic hydroxyl groups is 1. The van der Waals surface area contributed by atoms with Crippen molar-refractivity contribution in [1.29, 1.82) is 0 Å². The number of carbonyl (C=O) groups excluding carboxylic acids is 2. The zero-order valence-electron chi connectivity index (χ0n) is 25.6. The van der Waals surface area contributed by atoms with Crippen LogP contribution in [0.3, 0.4) is 0 Å². The molecule has 0 radical (unpaired) electrons.